The molecule has 1 unspecified atom stereocenters. The van der Waals surface area contributed by atoms with Crippen LogP contribution in [-0.2, 0) is 0 Å². The lowest BCUT2D eigenvalue weighted by Crippen LogP contribution is -2.59. The summed E-state index contributed by atoms with van der Waals surface area (Å²) in [6, 6.07) is 0.657. The zero-order chi connectivity index (χ0) is 12.3. The van der Waals surface area contributed by atoms with Gasteiger partial charge in [0.05, 0.1) is 0 Å². The first-order valence-corrected chi connectivity index (χ1v) is 7.33. The molecule has 0 amide bonds. The maximum absolute atomic E-state index is 6.16. The molecule has 3 nitrogen and oxygen atoms in total. The highest BCUT2D eigenvalue weighted by atomic mass is 15.3. The quantitative estimate of drug-likeness (QED) is 0.796. The number of rotatable bonds is 2. The fourth-order valence-electron chi connectivity index (χ4n) is 3.90. The van der Waals surface area contributed by atoms with E-state index in [4.69, 9.17) is 5.73 Å². The largest absolute Gasteiger partial charge is 0.329 e. The van der Waals surface area contributed by atoms with E-state index in [1.807, 2.05) is 0 Å². The molecule has 0 aromatic carbocycles. The molecule has 0 aromatic rings. The fraction of sp³-hybridized carbons (Fsp3) is 1.00. The van der Waals surface area contributed by atoms with Gasteiger partial charge in [-0.25, -0.2) is 0 Å². The summed E-state index contributed by atoms with van der Waals surface area (Å²) in [6.07, 6.45) is 8.08. The van der Waals surface area contributed by atoms with Crippen molar-refractivity contribution in [2.24, 2.45) is 5.73 Å². The van der Waals surface area contributed by atoms with Crippen molar-refractivity contribution in [1.29, 1.82) is 0 Å². The van der Waals surface area contributed by atoms with Crippen LogP contribution in [0, 0.1) is 0 Å². The third-order valence-corrected chi connectivity index (χ3v) is 4.82. The van der Waals surface area contributed by atoms with Crippen LogP contribution in [0.4, 0.5) is 0 Å². The number of nitrogens with zero attached hydrogens (tertiary/aromatic N) is 2. The summed E-state index contributed by atoms with van der Waals surface area (Å²) >= 11 is 0. The third-order valence-electron chi connectivity index (χ3n) is 4.82. The predicted octanol–water partition coefficient (Wildman–Crippen LogP) is 1.67. The Bertz CT molecular complexity index is 236. The van der Waals surface area contributed by atoms with Crippen molar-refractivity contribution >= 4 is 0 Å². The minimum absolute atomic E-state index is 0.322. The monoisotopic (exact) mass is 239 g/mol. The van der Waals surface area contributed by atoms with Gasteiger partial charge in [-0.05, 0) is 39.8 Å². The number of nitrogens with two attached hydrogens (primary N) is 1. The summed E-state index contributed by atoms with van der Waals surface area (Å²) in [5, 5.41) is 0. The molecular formula is C14H29N3. The average Bonchev–Trinajstić information content (AvgIpc) is 2.51. The van der Waals surface area contributed by atoms with Crippen molar-refractivity contribution in [3.8, 4) is 0 Å². The van der Waals surface area contributed by atoms with Gasteiger partial charge in [0.2, 0.25) is 0 Å². The molecule has 2 aliphatic rings. The van der Waals surface area contributed by atoms with Crippen LogP contribution in [0.3, 0.4) is 0 Å². The molecule has 1 aliphatic heterocycles. The molecular weight excluding hydrogens is 210 g/mol. The van der Waals surface area contributed by atoms with Gasteiger partial charge in [-0.2, -0.15) is 0 Å². The van der Waals surface area contributed by atoms with E-state index in [0.717, 1.165) is 6.54 Å². The standard InChI is InChI=1S/C14H29N3/c1-13-11-16(2)9-6-10-17(13)14(12-15)7-4-3-5-8-14/h13H,3-12,15H2,1-2H3. The van der Waals surface area contributed by atoms with Crippen molar-refractivity contribution in [2.75, 3.05) is 33.2 Å². The number of hydrogen-bond donors (Lipinski definition) is 1. The average molecular weight is 239 g/mol. The Morgan fingerprint density at radius 3 is 2.47 bits per heavy atom. The first-order chi connectivity index (χ1) is 8.18. The first-order valence-electron chi connectivity index (χ1n) is 7.33. The van der Waals surface area contributed by atoms with Gasteiger partial charge in [-0.1, -0.05) is 19.3 Å². The second-order valence-electron chi connectivity index (χ2n) is 6.15. The van der Waals surface area contributed by atoms with Gasteiger partial charge < -0.3 is 10.6 Å². The molecule has 100 valence electrons. The van der Waals surface area contributed by atoms with E-state index >= 15 is 0 Å². The second kappa shape index (κ2) is 5.68. The molecule has 0 bridgehead atoms. The topological polar surface area (TPSA) is 32.5 Å². The lowest BCUT2D eigenvalue weighted by atomic mass is 9.79. The Labute approximate surface area is 106 Å². The molecule has 1 saturated carbocycles. The highest BCUT2D eigenvalue weighted by Crippen LogP contribution is 2.35. The van der Waals surface area contributed by atoms with E-state index in [1.54, 1.807) is 0 Å². The summed E-state index contributed by atoms with van der Waals surface area (Å²) in [7, 11) is 2.25. The van der Waals surface area contributed by atoms with E-state index in [9.17, 15) is 0 Å². The molecule has 3 heteroatoms. The second-order valence-corrected chi connectivity index (χ2v) is 6.15. The molecule has 1 heterocycles. The summed E-state index contributed by atoms with van der Waals surface area (Å²) < 4.78 is 0. The van der Waals surface area contributed by atoms with Crippen molar-refractivity contribution < 1.29 is 0 Å². The predicted molar refractivity (Wildman–Crippen MR) is 73.2 cm³/mol. The molecule has 1 atom stereocenters. The minimum Gasteiger partial charge on any atom is -0.329 e. The molecule has 1 aliphatic carbocycles. The maximum Gasteiger partial charge on any atom is 0.0335 e. The Kier molecular flexibility index (Phi) is 4.45. The smallest absolute Gasteiger partial charge is 0.0335 e. The number of hydrogen-bond acceptors (Lipinski definition) is 3. The SMILES string of the molecule is CC1CN(C)CCCN1C1(CN)CCCCC1. The van der Waals surface area contributed by atoms with Crippen LogP contribution < -0.4 is 5.73 Å². The molecule has 2 fully saturated rings. The summed E-state index contributed by atoms with van der Waals surface area (Å²) in [6.45, 7) is 6.90. The van der Waals surface area contributed by atoms with Crippen molar-refractivity contribution in [1.82, 2.24) is 9.80 Å². The van der Waals surface area contributed by atoms with Crippen LogP contribution in [0.15, 0.2) is 0 Å². The molecule has 2 N–H and O–H groups in total. The van der Waals surface area contributed by atoms with E-state index in [2.05, 4.69) is 23.8 Å². The van der Waals surface area contributed by atoms with Gasteiger partial charge in [0.1, 0.15) is 0 Å². The Balaban J connectivity index is 2.11. The van der Waals surface area contributed by atoms with Crippen LogP contribution >= 0.6 is 0 Å². The Hall–Kier alpha value is -0.120. The van der Waals surface area contributed by atoms with Crippen LogP contribution in [0.1, 0.15) is 45.4 Å². The fourth-order valence-corrected chi connectivity index (χ4v) is 3.90. The van der Waals surface area contributed by atoms with Crippen molar-refractivity contribution in [3.63, 3.8) is 0 Å². The van der Waals surface area contributed by atoms with Crippen molar-refractivity contribution in [3.05, 3.63) is 0 Å². The lowest BCUT2D eigenvalue weighted by Gasteiger charge is -2.48. The third kappa shape index (κ3) is 2.83. The van der Waals surface area contributed by atoms with E-state index in [-0.39, 0.29) is 0 Å². The van der Waals surface area contributed by atoms with Gasteiger partial charge in [-0.15, -0.1) is 0 Å². The Morgan fingerprint density at radius 1 is 1.12 bits per heavy atom. The van der Waals surface area contributed by atoms with Crippen LogP contribution in [0.25, 0.3) is 0 Å². The normalized spacial score (nSPS) is 32.3. The van der Waals surface area contributed by atoms with Crippen molar-refractivity contribution in [2.45, 2.75) is 57.0 Å². The zero-order valence-electron chi connectivity index (χ0n) is 11.6. The zero-order valence-corrected chi connectivity index (χ0v) is 11.6. The van der Waals surface area contributed by atoms with Gasteiger partial charge in [0.15, 0.2) is 0 Å². The summed E-state index contributed by atoms with van der Waals surface area (Å²) in [4.78, 5) is 5.22. The van der Waals surface area contributed by atoms with Crippen LogP contribution in [-0.4, -0.2) is 54.6 Å². The van der Waals surface area contributed by atoms with Gasteiger partial charge in [0.25, 0.3) is 0 Å². The summed E-state index contributed by atoms with van der Waals surface area (Å²) in [5.74, 6) is 0. The van der Waals surface area contributed by atoms with E-state index in [0.29, 0.717) is 11.6 Å². The van der Waals surface area contributed by atoms with Crippen LogP contribution in [0.5, 0.6) is 0 Å². The molecule has 0 spiro atoms. The molecule has 1 saturated heterocycles. The van der Waals surface area contributed by atoms with Gasteiger partial charge >= 0.3 is 0 Å². The molecule has 0 radical (unpaired) electrons. The maximum atomic E-state index is 6.16. The Morgan fingerprint density at radius 2 is 1.82 bits per heavy atom. The first kappa shape index (κ1) is 13.3. The number of likely N-dealkylation sites (N-methyl/N-ethyl adjacent to an activating group) is 1. The van der Waals surface area contributed by atoms with Gasteiger partial charge in [0, 0.05) is 31.2 Å². The van der Waals surface area contributed by atoms with Crippen LogP contribution in [0.2, 0.25) is 0 Å². The van der Waals surface area contributed by atoms with Gasteiger partial charge in [-0.3, -0.25) is 4.90 Å². The molecule has 17 heavy (non-hydrogen) atoms. The van der Waals surface area contributed by atoms with E-state index < -0.39 is 0 Å². The summed E-state index contributed by atoms with van der Waals surface area (Å²) in [5.41, 5.74) is 6.48. The molecule has 2 rings (SSSR count). The lowest BCUT2D eigenvalue weighted by molar-refractivity contribution is 0.0267. The minimum atomic E-state index is 0.322. The molecule has 0 aromatic heterocycles. The highest BCUT2D eigenvalue weighted by molar-refractivity contribution is 4.97. The highest BCUT2D eigenvalue weighted by Gasteiger charge is 2.39. The van der Waals surface area contributed by atoms with E-state index in [1.165, 1.54) is 58.2 Å².